The van der Waals surface area contributed by atoms with Gasteiger partial charge in [-0.3, -0.25) is 0 Å². The monoisotopic (exact) mass is 500 g/mol. The van der Waals surface area contributed by atoms with E-state index < -0.39 is 17.9 Å². The van der Waals surface area contributed by atoms with Crippen LogP contribution in [0.25, 0.3) is 11.3 Å². The molecule has 0 aliphatic carbocycles. The zero-order valence-electron chi connectivity index (χ0n) is 16.0. The summed E-state index contributed by atoms with van der Waals surface area (Å²) in [6, 6.07) is 10.9. The van der Waals surface area contributed by atoms with Gasteiger partial charge in [0.05, 0.1) is 16.8 Å². The summed E-state index contributed by atoms with van der Waals surface area (Å²) in [5.41, 5.74) is 1.03. The summed E-state index contributed by atoms with van der Waals surface area (Å²) in [5, 5.41) is 15.1. The number of aromatic nitrogens is 2. The molecule has 31 heavy (non-hydrogen) atoms. The van der Waals surface area contributed by atoms with E-state index >= 15 is 0 Å². The fraction of sp³-hybridized carbons (Fsp3) is 0.200. The lowest BCUT2D eigenvalue weighted by molar-refractivity contribution is -0.274. The maximum atomic E-state index is 13.8. The maximum Gasteiger partial charge on any atom is 0.573 e. The van der Waals surface area contributed by atoms with Crippen LogP contribution in [0.5, 0.6) is 5.75 Å². The van der Waals surface area contributed by atoms with Gasteiger partial charge in [-0.05, 0) is 53.2 Å². The van der Waals surface area contributed by atoms with E-state index in [1.165, 1.54) is 36.4 Å². The molecule has 0 aliphatic heterocycles. The summed E-state index contributed by atoms with van der Waals surface area (Å²) < 4.78 is 55.8. The number of halogens is 5. The summed E-state index contributed by atoms with van der Waals surface area (Å²) in [5.74, 6) is -0.488. The number of nitrogens with zero attached hydrogens (tertiary/aromatic N) is 2. The third kappa shape index (κ3) is 6.53. The molecule has 2 aromatic carbocycles. The van der Waals surface area contributed by atoms with Gasteiger partial charge < -0.3 is 20.5 Å². The van der Waals surface area contributed by atoms with Crippen LogP contribution in [0.15, 0.2) is 53.0 Å². The average Bonchev–Trinajstić information content (AvgIpc) is 2.69. The zero-order chi connectivity index (χ0) is 22.6. The number of nitrogens with one attached hydrogen (secondary N) is 2. The van der Waals surface area contributed by atoms with Gasteiger partial charge in [-0.1, -0.05) is 12.1 Å². The van der Waals surface area contributed by atoms with Crippen molar-refractivity contribution in [2.45, 2.75) is 19.3 Å². The van der Waals surface area contributed by atoms with Crippen LogP contribution in [-0.2, 0) is 0 Å². The Morgan fingerprint density at radius 3 is 2.58 bits per heavy atom. The van der Waals surface area contributed by atoms with Crippen molar-refractivity contribution < 1.29 is 27.4 Å². The van der Waals surface area contributed by atoms with Crippen molar-refractivity contribution in [1.29, 1.82) is 0 Å². The molecule has 1 heterocycles. The van der Waals surface area contributed by atoms with Crippen molar-refractivity contribution in [3.63, 3.8) is 0 Å². The average molecular weight is 501 g/mol. The molecule has 0 spiro atoms. The number of rotatable bonds is 7. The summed E-state index contributed by atoms with van der Waals surface area (Å²) in [6.07, 6.45) is -4.83. The van der Waals surface area contributed by atoms with E-state index in [1.807, 2.05) is 0 Å². The highest BCUT2D eigenvalue weighted by Gasteiger charge is 2.31. The van der Waals surface area contributed by atoms with Crippen molar-refractivity contribution in [3.8, 4) is 17.0 Å². The first-order chi connectivity index (χ1) is 14.6. The van der Waals surface area contributed by atoms with Crippen LogP contribution in [0.1, 0.15) is 6.92 Å². The van der Waals surface area contributed by atoms with Gasteiger partial charge in [0.15, 0.2) is 0 Å². The standard InChI is InChI=1S/C20H17BrF4N4O2/c1-11(10-30)26-19-28-17(12-3-2-4-14(7-12)31-20(23,24)25)9-18(29-19)27-13-5-6-15(21)16(22)8-13/h2-9,11,30H,10H2,1H3,(H2,26,27,28,29)/t11-/m1/s1. The van der Waals surface area contributed by atoms with Gasteiger partial charge in [0.1, 0.15) is 17.4 Å². The van der Waals surface area contributed by atoms with Gasteiger partial charge >= 0.3 is 6.36 Å². The van der Waals surface area contributed by atoms with E-state index in [1.54, 1.807) is 19.1 Å². The van der Waals surface area contributed by atoms with Crippen molar-refractivity contribution in [3.05, 3.63) is 58.8 Å². The predicted molar refractivity (Wildman–Crippen MR) is 112 cm³/mol. The number of alkyl halides is 3. The van der Waals surface area contributed by atoms with Crippen LogP contribution in [-0.4, -0.2) is 34.1 Å². The quantitative estimate of drug-likeness (QED) is 0.373. The molecule has 0 aliphatic rings. The van der Waals surface area contributed by atoms with E-state index in [9.17, 15) is 22.7 Å². The number of hydrogen-bond acceptors (Lipinski definition) is 6. The second-order valence-corrected chi connectivity index (χ2v) is 7.37. The molecule has 0 unspecified atom stereocenters. The van der Waals surface area contributed by atoms with Gasteiger partial charge in [0.25, 0.3) is 0 Å². The molecular weight excluding hydrogens is 484 g/mol. The van der Waals surface area contributed by atoms with Crippen molar-refractivity contribution in [2.75, 3.05) is 17.2 Å². The topological polar surface area (TPSA) is 79.3 Å². The first kappa shape index (κ1) is 22.8. The van der Waals surface area contributed by atoms with Crippen molar-refractivity contribution in [1.82, 2.24) is 9.97 Å². The first-order valence-electron chi connectivity index (χ1n) is 8.97. The number of hydrogen-bond donors (Lipinski definition) is 3. The van der Waals surface area contributed by atoms with Gasteiger partial charge in [0.2, 0.25) is 5.95 Å². The van der Waals surface area contributed by atoms with E-state index in [0.717, 1.165) is 0 Å². The Bertz CT molecular complexity index is 1070. The first-order valence-corrected chi connectivity index (χ1v) is 9.77. The molecule has 3 aromatic rings. The van der Waals surface area contributed by atoms with Crippen molar-refractivity contribution >= 4 is 33.4 Å². The number of benzene rings is 2. The minimum Gasteiger partial charge on any atom is -0.406 e. The largest absolute Gasteiger partial charge is 0.573 e. The smallest absolute Gasteiger partial charge is 0.406 e. The number of aliphatic hydroxyl groups is 1. The highest BCUT2D eigenvalue weighted by molar-refractivity contribution is 9.10. The van der Waals surface area contributed by atoms with E-state index in [-0.39, 0.29) is 30.1 Å². The molecule has 3 N–H and O–H groups in total. The van der Waals surface area contributed by atoms with Crippen LogP contribution in [0, 0.1) is 5.82 Å². The van der Waals surface area contributed by atoms with Crippen LogP contribution >= 0.6 is 15.9 Å². The third-order valence-electron chi connectivity index (χ3n) is 3.93. The van der Waals surface area contributed by atoms with Gasteiger partial charge in [0, 0.05) is 23.4 Å². The third-order valence-corrected chi connectivity index (χ3v) is 4.57. The van der Waals surface area contributed by atoms with E-state index in [4.69, 9.17) is 0 Å². The number of ether oxygens (including phenoxy) is 1. The highest BCUT2D eigenvalue weighted by Crippen LogP contribution is 2.30. The second kappa shape index (κ2) is 9.48. The molecule has 0 amide bonds. The molecule has 0 radical (unpaired) electrons. The highest BCUT2D eigenvalue weighted by atomic mass is 79.9. The molecular formula is C20H17BrF4N4O2. The molecule has 0 fully saturated rings. The lowest BCUT2D eigenvalue weighted by Crippen LogP contribution is -2.21. The van der Waals surface area contributed by atoms with Crippen molar-refractivity contribution in [2.24, 2.45) is 0 Å². The molecule has 1 aromatic heterocycles. The Balaban J connectivity index is 1.99. The maximum absolute atomic E-state index is 13.8. The van der Waals surface area contributed by atoms with Gasteiger partial charge in [-0.2, -0.15) is 4.98 Å². The Morgan fingerprint density at radius 1 is 1.13 bits per heavy atom. The fourth-order valence-corrected chi connectivity index (χ4v) is 2.81. The molecule has 11 heteroatoms. The minimum absolute atomic E-state index is 0.126. The molecule has 0 saturated heterocycles. The molecule has 3 rings (SSSR count). The Morgan fingerprint density at radius 2 is 1.90 bits per heavy atom. The minimum atomic E-state index is -4.83. The molecule has 0 bridgehead atoms. The lowest BCUT2D eigenvalue weighted by atomic mass is 10.1. The normalized spacial score (nSPS) is 12.4. The van der Waals surface area contributed by atoms with Crippen LogP contribution in [0.3, 0.4) is 0 Å². The number of anilines is 3. The molecule has 164 valence electrons. The molecule has 6 nitrogen and oxygen atoms in total. The SMILES string of the molecule is C[C@H](CO)Nc1nc(Nc2ccc(Br)c(F)c2)cc(-c2cccc(OC(F)(F)F)c2)n1. The summed E-state index contributed by atoms with van der Waals surface area (Å²) in [7, 11) is 0. The fourth-order valence-electron chi connectivity index (χ4n) is 2.56. The Labute approximate surface area is 183 Å². The van der Waals surface area contributed by atoms with Crippen LogP contribution in [0.4, 0.5) is 35.0 Å². The lowest BCUT2D eigenvalue weighted by Gasteiger charge is -2.15. The second-order valence-electron chi connectivity index (χ2n) is 6.52. The van der Waals surface area contributed by atoms with Gasteiger partial charge in [-0.15, -0.1) is 13.2 Å². The summed E-state index contributed by atoms with van der Waals surface area (Å²) >= 11 is 3.08. The Kier molecular flexibility index (Phi) is 6.96. The van der Waals surface area contributed by atoms with Crippen LogP contribution in [0.2, 0.25) is 0 Å². The summed E-state index contributed by atoms with van der Waals surface area (Å²) in [4.78, 5) is 8.60. The predicted octanol–water partition coefficient (Wildman–Crippen LogP) is 5.48. The number of aliphatic hydroxyl groups excluding tert-OH is 1. The summed E-state index contributed by atoms with van der Waals surface area (Å²) in [6.45, 7) is 1.51. The van der Waals surface area contributed by atoms with Gasteiger partial charge in [-0.25, -0.2) is 9.37 Å². The van der Waals surface area contributed by atoms with E-state index in [2.05, 4.69) is 41.3 Å². The molecule has 1 atom stereocenters. The molecule has 0 saturated carbocycles. The Hall–Kier alpha value is -2.92. The van der Waals surface area contributed by atoms with E-state index in [0.29, 0.717) is 15.7 Å². The zero-order valence-corrected chi connectivity index (χ0v) is 17.6. The van der Waals surface area contributed by atoms with Crippen LogP contribution < -0.4 is 15.4 Å².